The van der Waals surface area contributed by atoms with Gasteiger partial charge in [-0.1, -0.05) is 23.7 Å². The molecule has 24 heavy (non-hydrogen) atoms. The molecule has 2 atom stereocenters. The number of benzene rings is 1. The fourth-order valence-electron chi connectivity index (χ4n) is 2.94. The van der Waals surface area contributed by atoms with Crippen LogP contribution in [-0.2, 0) is 11.3 Å². The van der Waals surface area contributed by atoms with Gasteiger partial charge in [-0.15, -0.1) is 0 Å². The van der Waals surface area contributed by atoms with Gasteiger partial charge in [0.15, 0.2) is 0 Å². The zero-order valence-electron chi connectivity index (χ0n) is 13.7. The number of urea groups is 1. The monoisotopic (exact) mass is 348 g/mol. The summed E-state index contributed by atoms with van der Waals surface area (Å²) in [4.78, 5) is 12.2. The van der Waals surface area contributed by atoms with E-state index in [4.69, 9.17) is 16.3 Å². The summed E-state index contributed by atoms with van der Waals surface area (Å²) in [6, 6.07) is 7.27. The van der Waals surface area contributed by atoms with Gasteiger partial charge in [0.2, 0.25) is 0 Å². The van der Waals surface area contributed by atoms with E-state index in [0.717, 1.165) is 28.9 Å². The summed E-state index contributed by atoms with van der Waals surface area (Å²) in [5.41, 5.74) is 3.90. The molecular formula is C17H21ClN4O2. The normalized spacial score (nSPS) is 20.1. The second kappa shape index (κ2) is 7.23. The zero-order chi connectivity index (χ0) is 17.1. The van der Waals surface area contributed by atoms with Crippen LogP contribution >= 0.6 is 11.6 Å². The van der Waals surface area contributed by atoms with Crippen molar-refractivity contribution in [2.45, 2.75) is 39.0 Å². The maximum atomic E-state index is 12.2. The van der Waals surface area contributed by atoms with Crippen LogP contribution in [-0.4, -0.2) is 28.9 Å². The minimum Gasteiger partial charge on any atom is -0.371 e. The van der Waals surface area contributed by atoms with Gasteiger partial charge in [0.05, 0.1) is 11.7 Å². The third-order valence-corrected chi connectivity index (χ3v) is 4.57. The molecule has 6 nitrogen and oxygen atoms in total. The number of hydrogen-bond donors (Lipinski definition) is 3. The predicted molar refractivity (Wildman–Crippen MR) is 92.0 cm³/mol. The van der Waals surface area contributed by atoms with E-state index in [2.05, 4.69) is 20.8 Å². The minimum atomic E-state index is -0.204. The first-order chi connectivity index (χ1) is 11.5. The summed E-state index contributed by atoms with van der Waals surface area (Å²) in [5, 5.41) is 13.6. The number of amides is 2. The van der Waals surface area contributed by atoms with Gasteiger partial charge in [0.25, 0.3) is 0 Å². The Labute approximate surface area is 145 Å². The lowest BCUT2D eigenvalue weighted by atomic mass is 10.0. The molecule has 2 heterocycles. The molecule has 3 rings (SSSR count). The number of hydrogen-bond acceptors (Lipinski definition) is 3. The maximum Gasteiger partial charge on any atom is 0.315 e. The molecule has 1 aliphatic rings. The van der Waals surface area contributed by atoms with Gasteiger partial charge in [0, 0.05) is 29.4 Å². The van der Waals surface area contributed by atoms with E-state index in [1.54, 1.807) is 0 Å². The number of carbonyl (C=O) groups is 1. The van der Waals surface area contributed by atoms with Crippen molar-refractivity contribution in [2.24, 2.45) is 0 Å². The minimum absolute atomic E-state index is 0.0577. The fourth-order valence-corrected chi connectivity index (χ4v) is 3.07. The van der Waals surface area contributed by atoms with Crippen LogP contribution in [0.2, 0.25) is 5.02 Å². The molecule has 128 valence electrons. The summed E-state index contributed by atoms with van der Waals surface area (Å²) in [5.74, 6) is 0. The molecule has 1 fully saturated rings. The topological polar surface area (TPSA) is 79.0 Å². The van der Waals surface area contributed by atoms with E-state index in [9.17, 15) is 4.79 Å². The van der Waals surface area contributed by atoms with Crippen molar-refractivity contribution in [3.63, 3.8) is 0 Å². The quantitative estimate of drug-likeness (QED) is 0.794. The van der Waals surface area contributed by atoms with Gasteiger partial charge in [-0.05, 0) is 38.0 Å². The van der Waals surface area contributed by atoms with Crippen molar-refractivity contribution in [3.8, 4) is 0 Å². The highest BCUT2D eigenvalue weighted by Crippen LogP contribution is 2.29. The van der Waals surface area contributed by atoms with Gasteiger partial charge in [-0.25, -0.2) is 4.79 Å². The average molecular weight is 349 g/mol. The highest BCUT2D eigenvalue weighted by atomic mass is 35.5. The Morgan fingerprint density at radius 1 is 1.38 bits per heavy atom. The second-order valence-corrected chi connectivity index (χ2v) is 6.41. The molecule has 2 amide bonds. The third kappa shape index (κ3) is 3.71. The SMILES string of the molecule is Cc1n[nH]c(C)c1CNC(=O)N[C@H]1CCO[C@H]1c1ccc(Cl)cc1. The smallest absolute Gasteiger partial charge is 0.315 e. The van der Waals surface area contributed by atoms with Crippen LogP contribution < -0.4 is 10.6 Å². The summed E-state index contributed by atoms with van der Waals surface area (Å²) < 4.78 is 5.78. The van der Waals surface area contributed by atoms with Gasteiger partial charge in [-0.2, -0.15) is 5.10 Å². The van der Waals surface area contributed by atoms with Gasteiger partial charge in [0.1, 0.15) is 6.10 Å². The highest BCUT2D eigenvalue weighted by Gasteiger charge is 2.30. The molecule has 0 aliphatic carbocycles. The number of nitrogens with zero attached hydrogens (tertiary/aromatic N) is 1. The Hall–Kier alpha value is -2.05. The largest absolute Gasteiger partial charge is 0.371 e. The van der Waals surface area contributed by atoms with E-state index in [0.29, 0.717) is 18.2 Å². The van der Waals surface area contributed by atoms with Gasteiger partial charge in [-0.3, -0.25) is 5.10 Å². The van der Waals surface area contributed by atoms with Crippen LogP contribution in [0.15, 0.2) is 24.3 Å². The first kappa shape index (κ1) is 16.8. The van der Waals surface area contributed by atoms with Crippen molar-refractivity contribution in [3.05, 3.63) is 51.8 Å². The molecule has 2 aromatic rings. The van der Waals surface area contributed by atoms with Crippen molar-refractivity contribution in [1.82, 2.24) is 20.8 Å². The molecule has 0 bridgehead atoms. The van der Waals surface area contributed by atoms with Crippen LogP contribution in [0, 0.1) is 13.8 Å². The summed E-state index contributed by atoms with van der Waals surface area (Å²) in [6.45, 7) is 4.92. The Morgan fingerprint density at radius 2 is 2.12 bits per heavy atom. The van der Waals surface area contributed by atoms with Crippen molar-refractivity contribution in [1.29, 1.82) is 0 Å². The van der Waals surface area contributed by atoms with Crippen molar-refractivity contribution in [2.75, 3.05) is 6.61 Å². The molecule has 1 saturated heterocycles. The Kier molecular flexibility index (Phi) is 5.06. The van der Waals surface area contributed by atoms with Crippen molar-refractivity contribution < 1.29 is 9.53 Å². The summed E-state index contributed by atoms with van der Waals surface area (Å²) >= 11 is 5.93. The lowest BCUT2D eigenvalue weighted by Crippen LogP contribution is -2.43. The molecule has 1 aromatic heterocycles. The Morgan fingerprint density at radius 3 is 2.79 bits per heavy atom. The second-order valence-electron chi connectivity index (χ2n) is 5.98. The number of aromatic nitrogens is 2. The van der Waals surface area contributed by atoms with Crippen LogP contribution in [0.4, 0.5) is 4.79 Å². The molecule has 3 N–H and O–H groups in total. The van der Waals surface area contributed by atoms with E-state index >= 15 is 0 Å². The molecule has 0 spiro atoms. The lowest BCUT2D eigenvalue weighted by Gasteiger charge is -2.20. The third-order valence-electron chi connectivity index (χ3n) is 4.31. The summed E-state index contributed by atoms with van der Waals surface area (Å²) in [6.07, 6.45) is 0.634. The number of aromatic amines is 1. The number of aryl methyl sites for hydroxylation is 2. The summed E-state index contributed by atoms with van der Waals surface area (Å²) in [7, 11) is 0. The number of nitrogens with one attached hydrogen (secondary N) is 3. The van der Waals surface area contributed by atoms with Crippen LogP contribution in [0.3, 0.4) is 0 Å². The maximum absolute atomic E-state index is 12.2. The van der Waals surface area contributed by atoms with E-state index in [1.165, 1.54) is 0 Å². The number of H-pyrrole nitrogens is 1. The lowest BCUT2D eigenvalue weighted by molar-refractivity contribution is 0.0999. The Bertz CT molecular complexity index is 694. The number of halogens is 1. The van der Waals surface area contributed by atoms with E-state index < -0.39 is 0 Å². The molecule has 0 unspecified atom stereocenters. The molecular weight excluding hydrogens is 328 g/mol. The molecule has 0 radical (unpaired) electrons. The van der Waals surface area contributed by atoms with E-state index in [-0.39, 0.29) is 18.2 Å². The number of rotatable bonds is 4. The van der Waals surface area contributed by atoms with Crippen molar-refractivity contribution >= 4 is 17.6 Å². The Balaban J connectivity index is 1.58. The number of ether oxygens (including phenoxy) is 1. The first-order valence-electron chi connectivity index (χ1n) is 7.96. The zero-order valence-corrected chi connectivity index (χ0v) is 14.5. The standard InChI is InChI=1S/C17H21ClN4O2/c1-10-14(11(2)22-21-10)9-19-17(23)20-15-7-8-24-16(15)12-3-5-13(18)6-4-12/h3-6,15-16H,7-9H2,1-2H3,(H,21,22)(H2,19,20,23)/t15-,16-/m0/s1. The van der Waals surface area contributed by atoms with Crippen LogP contribution in [0.5, 0.6) is 0 Å². The predicted octanol–water partition coefficient (Wildman–Crippen LogP) is 3.01. The average Bonchev–Trinajstić information content (AvgIpc) is 3.13. The molecule has 1 aliphatic heterocycles. The van der Waals surface area contributed by atoms with Gasteiger partial charge < -0.3 is 15.4 Å². The van der Waals surface area contributed by atoms with Gasteiger partial charge >= 0.3 is 6.03 Å². The van der Waals surface area contributed by atoms with Crippen LogP contribution in [0.1, 0.15) is 35.0 Å². The molecule has 7 heteroatoms. The highest BCUT2D eigenvalue weighted by molar-refractivity contribution is 6.30. The van der Waals surface area contributed by atoms with Crippen LogP contribution in [0.25, 0.3) is 0 Å². The van der Waals surface area contributed by atoms with E-state index in [1.807, 2.05) is 38.1 Å². The fraction of sp³-hybridized carbons (Fsp3) is 0.412. The molecule has 1 aromatic carbocycles. The molecule has 0 saturated carbocycles. The first-order valence-corrected chi connectivity index (χ1v) is 8.34. The number of carbonyl (C=O) groups excluding carboxylic acids is 1.